The highest BCUT2D eigenvalue weighted by molar-refractivity contribution is 6.99. The van der Waals surface area contributed by atoms with Gasteiger partial charge in [-0.05, 0) is 52.7 Å². The van der Waals surface area contributed by atoms with Gasteiger partial charge >= 0.3 is 0 Å². The molecule has 1 aliphatic rings. The molecule has 0 radical (unpaired) electrons. The van der Waals surface area contributed by atoms with E-state index in [1.165, 1.54) is 10.4 Å². The van der Waals surface area contributed by atoms with E-state index >= 15 is 0 Å². The largest absolute Gasteiger partial charge is 0.497 e. The molecule has 0 spiro atoms. The minimum Gasteiger partial charge on any atom is -0.497 e. The van der Waals surface area contributed by atoms with Crippen molar-refractivity contribution in [3.05, 3.63) is 90.5 Å². The van der Waals surface area contributed by atoms with Crippen LogP contribution < -0.4 is 15.1 Å². The molecule has 2 N–H and O–H groups in total. The Kier molecular flexibility index (Phi) is 12.2. The Hall–Kier alpha value is -2.52. The van der Waals surface area contributed by atoms with E-state index in [9.17, 15) is 10.2 Å². The monoisotopic (exact) mass is 620 g/mol. The molecule has 4 rings (SSSR count). The molecule has 0 aliphatic carbocycles. The second-order valence-electron chi connectivity index (χ2n) is 13.3. The number of ether oxygens (including phenoxy) is 3. The Bertz CT molecular complexity index is 1210. The maximum atomic E-state index is 11.1. The normalized spacial score (nSPS) is 21.4. The summed E-state index contributed by atoms with van der Waals surface area (Å²) in [6, 6.07) is 28.7. The molecular formula is C37H52O6Si. The van der Waals surface area contributed by atoms with Crippen LogP contribution in [0.5, 0.6) is 5.75 Å². The van der Waals surface area contributed by atoms with Gasteiger partial charge in [0, 0.05) is 17.9 Å². The summed E-state index contributed by atoms with van der Waals surface area (Å²) in [6.07, 6.45) is 0.813. The molecule has 3 aromatic rings. The van der Waals surface area contributed by atoms with E-state index in [-0.39, 0.29) is 30.1 Å². The first-order chi connectivity index (χ1) is 21.1. The van der Waals surface area contributed by atoms with Crippen LogP contribution in [0.3, 0.4) is 0 Å². The summed E-state index contributed by atoms with van der Waals surface area (Å²) in [6.45, 7) is 11.9. The molecule has 0 aromatic heterocycles. The van der Waals surface area contributed by atoms with Crippen LogP contribution in [0.2, 0.25) is 5.04 Å². The van der Waals surface area contributed by atoms with Gasteiger partial charge in [0.2, 0.25) is 0 Å². The molecule has 44 heavy (non-hydrogen) atoms. The van der Waals surface area contributed by atoms with Crippen molar-refractivity contribution in [3.8, 4) is 5.75 Å². The summed E-state index contributed by atoms with van der Waals surface area (Å²) in [7, 11) is -1.10. The predicted octanol–water partition coefficient (Wildman–Crippen LogP) is 6.24. The molecule has 1 aliphatic heterocycles. The van der Waals surface area contributed by atoms with Crippen molar-refractivity contribution < 1.29 is 28.8 Å². The third-order valence-electron chi connectivity index (χ3n) is 9.09. The minimum absolute atomic E-state index is 0.0245. The number of rotatable bonds is 14. The first kappa shape index (κ1) is 34.4. The van der Waals surface area contributed by atoms with Crippen LogP contribution in [0.25, 0.3) is 0 Å². The summed E-state index contributed by atoms with van der Waals surface area (Å²) in [4.78, 5) is 0. The molecule has 1 heterocycles. The van der Waals surface area contributed by atoms with Gasteiger partial charge in [-0.1, -0.05) is 107 Å². The van der Waals surface area contributed by atoms with Crippen molar-refractivity contribution >= 4 is 18.7 Å². The smallest absolute Gasteiger partial charge is 0.261 e. The van der Waals surface area contributed by atoms with E-state index in [4.69, 9.17) is 18.6 Å². The zero-order valence-electron chi connectivity index (χ0n) is 27.3. The highest BCUT2D eigenvalue weighted by Crippen LogP contribution is 2.38. The van der Waals surface area contributed by atoms with Gasteiger partial charge in [0.25, 0.3) is 8.32 Å². The molecule has 0 saturated carbocycles. The fourth-order valence-corrected chi connectivity index (χ4v) is 11.2. The lowest BCUT2D eigenvalue weighted by Crippen LogP contribution is -2.67. The van der Waals surface area contributed by atoms with E-state index in [2.05, 4.69) is 83.1 Å². The molecular weight excluding hydrogens is 568 g/mol. The van der Waals surface area contributed by atoms with Crippen LogP contribution in [-0.2, 0) is 13.9 Å². The highest BCUT2D eigenvalue weighted by Gasteiger charge is 2.50. The number of hydrogen-bond acceptors (Lipinski definition) is 6. The topological polar surface area (TPSA) is 77.4 Å². The van der Waals surface area contributed by atoms with Gasteiger partial charge < -0.3 is 28.8 Å². The van der Waals surface area contributed by atoms with Crippen molar-refractivity contribution in [2.24, 2.45) is 11.8 Å². The maximum Gasteiger partial charge on any atom is 0.261 e. The quantitative estimate of drug-likeness (QED) is 0.208. The average molecular weight is 621 g/mol. The Morgan fingerprint density at radius 2 is 1.45 bits per heavy atom. The van der Waals surface area contributed by atoms with Crippen molar-refractivity contribution in [3.63, 3.8) is 0 Å². The summed E-state index contributed by atoms with van der Waals surface area (Å²) in [5.74, 6) is 1.32. The van der Waals surface area contributed by atoms with Crippen LogP contribution in [-0.4, -0.2) is 57.2 Å². The second-order valence-corrected chi connectivity index (χ2v) is 17.6. The van der Waals surface area contributed by atoms with E-state index in [1.807, 2.05) is 36.4 Å². The summed E-state index contributed by atoms with van der Waals surface area (Å²) in [5, 5.41) is 24.3. The lowest BCUT2D eigenvalue weighted by atomic mass is 9.86. The van der Waals surface area contributed by atoms with Crippen molar-refractivity contribution in [1.82, 2.24) is 0 Å². The minimum atomic E-state index is -2.75. The number of methoxy groups -OCH3 is 1. The van der Waals surface area contributed by atoms with Gasteiger partial charge in [-0.25, -0.2) is 0 Å². The Morgan fingerprint density at radius 1 is 0.864 bits per heavy atom. The lowest BCUT2D eigenvalue weighted by molar-refractivity contribution is -0.253. The average Bonchev–Trinajstić information content (AvgIpc) is 3.04. The van der Waals surface area contributed by atoms with Gasteiger partial charge in [-0.15, -0.1) is 0 Å². The van der Waals surface area contributed by atoms with Gasteiger partial charge in [-0.3, -0.25) is 0 Å². The van der Waals surface area contributed by atoms with Crippen LogP contribution in [0, 0.1) is 11.8 Å². The fraction of sp³-hybridized carbons (Fsp3) is 0.514. The number of aliphatic hydroxyl groups is 2. The Labute approximate surface area is 265 Å². The molecule has 0 bridgehead atoms. The molecule has 1 unspecified atom stereocenters. The molecule has 3 aromatic carbocycles. The van der Waals surface area contributed by atoms with Gasteiger partial charge in [0.1, 0.15) is 5.75 Å². The standard InChI is InChI=1S/C37H52O6Si/c1-7-28-25-41-36(29-19-22-32(40-6)23-20-29)43-35(28)27(2)18-21-30(38)24-31(39)26-42-44(37(3,4)5,33-14-10-8-11-15-33)34-16-12-9-13-17-34/h8-17,19-20,22-23,27-28,30-31,35-36,38-39H,7,18,21,24-26H2,1-6H3/t27-,28-,30-,31+,35-,36?/m1/s1. The molecule has 1 saturated heterocycles. The summed E-state index contributed by atoms with van der Waals surface area (Å²) >= 11 is 0. The number of aliphatic hydroxyl groups excluding tert-OH is 2. The summed E-state index contributed by atoms with van der Waals surface area (Å²) < 4.78 is 24.8. The molecule has 0 amide bonds. The number of hydrogen-bond donors (Lipinski definition) is 2. The molecule has 1 fully saturated rings. The van der Waals surface area contributed by atoms with Gasteiger partial charge in [0.05, 0.1) is 38.6 Å². The van der Waals surface area contributed by atoms with Gasteiger partial charge in [-0.2, -0.15) is 0 Å². The van der Waals surface area contributed by atoms with Crippen LogP contribution in [0.4, 0.5) is 0 Å². The first-order valence-electron chi connectivity index (χ1n) is 16.1. The van der Waals surface area contributed by atoms with Crippen LogP contribution >= 0.6 is 0 Å². The zero-order chi connectivity index (χ0) is 31.7. The van der Waals surface area contributed by atoms with Crippen LogP contribution in [0.1, 0.15) is 72.2 Å². The number of benzene rings is 3. The predicted molar refractivity (Wildman–Crippen MR) is 179 cm³/mol. The molecule has 240 valence electrons. The molecule has 7 heteroatoms. The van der Waals surface area contributed by atoms with Crippen molar-refractivity contribution in [2.75, 3.05) is 20.3 Å². The van der Waals surface area contributed by atoms with E-state index in [1.54, 1.807) is 7.11 Å². The Balaban J connectivity index is 1.36. The van der Waals surface area contributed by atoms with Crippen molar-refractivity contribution in [1.29, 1.82) is 0 Å². The van der Waals surface area contributed by atoms with Crippen molar-refractivity contribution in [2.45, 2.75) is 89.9 Å². The molecule has 6 nitrogen and oxygen atoms in total. The Morgan fingerprint density at radius 3 is 1.98 bits per heavy atom. The zero-order valence-corrected chi connectivity index (χ0v) is 28.3. The first-order valence-corrected chi connectivity index (χ1v) is 18.0. The molecule has 6 atom stereocenters. The van der Waals surface area contributed by atoms with Crippen LogP contribution in [0.15, 0.2) is 84.9 Å². The van der Waals surface area contributed by atoms with E-state index in [0.717, 1.165) is 24.2 Å². The highest BCUT2D eigenvalue weighted by atomic mass is 28.4. The van der Waals surface area contributed by atoms with Gasteiger partial charge in [0.15, 0.2) is 6.29 Å². The van der Waals surface area contributed by atoms with E-state index < -0.39 is 26.8 Å². The summed E-state index contributed by atoms with van der Waals surface area (Å²) in [5.41, 5.74) is 0.974. The fourth-order valence-electron chi connectivity index (χ4n) is 6.59. The third-order valence-corrected chi connectivity index (χ3v) is 14.1. The second kappa shape index (κ2) is 15.7. The van der Waals surface area contributed by atoms with E-state index in [0.29, 0.717) is 18.9 Å². The maximum absolute atomic E-state index is 11.1. The third kappa shape index (κ3) is 8.19. The lowest BCUT2D eigenvalue weighted by Gasteiger charge is -2.43. The SMILES string of the molecule is CC[C@@H]1COC(c2ccc(OC)cc2)O[C@@H]1[C@H](C)CC[C@@H](O)C[C@H](O)CO[Si](c1ccccc1)(c1ccccc1)C(C)(C)C.